The van der Waals surface area contributed by atoms with Gasteiger partial charge >= 0.3 is 0 Å². The molecular weight excluding hydrogens is 350 g/mol. The smallest absolute Gasteiger partial charge is 0.277 e. The molecular formula is C18H15N5O2S. The highest BCUT2D eigenvalue weighted by atomic mass is 32.1. The second kappa shape index (κ2) is 6.49. The number of aryl methyl sites for hydroxylation is 1. The number of benzene rings is 1. The normalized spacial score (nSPS) is 10.8. The fraction of sp³-hybridized carbons (Fsp3) is 0.0556. The molecule has 0 aliphatic carbocycles. The van der Waals surface area contributed by atoms with Gasteiger partial charge in [-0.25, -0.2) is 0 Å². The van der Waals surface area contributed by atoms with Crippen LogP contribution in [0.4, 0.5) is 11.4 Å². The monoisotopic (exact) mass is 365 g/mol. The van der Waals surface area contributed by atoms with Crippen LogP contribution in [0.5, 0.6) is 0 Å². The van der Waals surface area contributed by atoms with Crippen LogP contribution < -0.4 is 11.1 Å². The number of hydrogen-bond donors (Lipinski definition) is 2. The molecule has 4 aromatic rings. The fourth-order valence-corrected chi connectivity index (χ4v) is 3.20. The summed E-state index contributed by atoms with van der Waals surface area (Å²) in [6, 6.07) is 10.8. The Balaban J connectivity index is 1.58. The third kappa shape index (κ3) is 2.98. The van der Waals surface area contributed by atoms with Gasteiger partial charge in [0, 0.05) is 25.5 Å². The van der Waals surface area contributed by atoms with E-state index >= 15 is 0 Å². The largest absolute Gasteiger partial charge is 0.397 e. The van der Waals surface area contributed by atoms with E-state index in [0.717, 1.165) is 16.1 Å². The van der Waals surface area contributed by atoms with E-state index in [4.69, 9.17) is 10.3 Å². The van der Waals surface area contributed by atoms with Crippen molar-refractivity contribution in [2.75, 3.05) is 11.1 Å². The Morgan fingerprint density at radius 2 is 2.19 bits per heavy atom. The highest BCUT2D eigenvalue weighted by Crippen LogP contribution is 2.30. The van der Waals surface area contributed by atoms with Crippen LogP contribution in [0, 0.1) is 0 Å². The minimum atomic E-state index is -0.387. The quantitative estimate of drug-likeness (QED) is 0.538. The van der Waals surface area contributed by atoms with Crippen molar-refractivity contribution in [1.29, 1.82) is 0 Å². The molecule has 0 saturated heterocycles. The molecule has 8 heteroatoms. The Labute approximate surface area is 153 Å². The first kappa shape index (κ1) is 16.1. The van der Waals surface area contributed by atoms with Crippen LogP contribution in [0.15, 0.2) is 58.8 Å². The van der Waals surface area contributed by atoms with Gasteiger partial charge in [0.1, 0.15) is 0 Å². The average molecular weight is 365 g/mol. The van der Waals surface area contributed by atoms with Gasteiger partial charge in [-0.2, -0.15) is 0 Å². The van der Waals surface area contributed by atoms with Gasteiger partial charge in [-0.1, -0.05) is 11.2 Å². The molecule has 3 aromatic heterocycles. The van der Waals surface area contributed by atoms with E-state index in [0.29, 0.717) is 17.1 Å². The summed E-state index contributed by atoms with van der Waals surface area (Å²) in [6.45, 7) is 0. The van der Waals surface area contributed by atoms with Crippen LogP contribution in [0.2, 0.25) is 0 Å². The molecule has 0 saturated carbocycles. The summed E-state index contributed by atoms with van der Waals surface area (Å²) in [5, 5.41) is 6.66. The summed E-state index contributed by atoms with van der Waals surface area (Å²) >= 11 is 1.51. The SMILES string of the molecule is Cn1cccc1-c1cc(C(=O)Nc2cc(-c3cncs3)ccc2N)no1. The van der Waals surface area contributed by atoms with Crippen LogP contribution >= 0.6 is 11.3 Å². The van der Waals surface area contributed by atoms with Crippen LogP contribution in [-0.4, -0.2) is 20.6 Å². The fourth-order valence-electron chi connectivity index (χ4n) is 2.58. The van der Waals surface area contributed by atoms with E-state index in [9.17, 15) is 4.79 Å². The molecule has 0 radical (unpaired) electrons. The molecule has 0 aliphatic rings. The molecule has 130 valence electrons. The topological polar surface area (TPSA) is 99.0 Å². The van der Waals surface area contributed by atoms with E-state index in [1.165, 1.54) is 11.3 Å². The van der Waals surface area contributed by atoms with E-state index in [2.05, 4.69) is 15.5 Å². The molecule has 3 N–H and O–H groups in total. The van der Waals surface area contributed by atoms with E-state index in [1.807, 2.05) is 42.1 Å². The molecule has 0 atom stereocenters. The van der Waals surface area contributed by atoms with Crippen molar-refractivity contribution in [3.63, 3.8) is 0 Å². The molecule has 0 fully saturated rings. The maximum absolute atomic E-state index is 12.5. The maximum Gasteiger partial charge on any atom is 0.277 e. The number of nitrogens with zero attached hydrogens (tertiary/aromatic N) is 3. The minimum Gasteiger partial charge on any atom is -0.397 e. The Bertz CT molecular complexity index is 1070. The van der Waals surface area contributed by atoms with Gasteiger partial charge in [0.2, 0.25) is 0 Å². The summed E-state index contributed by atoms with van der Waals surface area (Å²) in [6.07, 6.45) is 3.66. The van der Waals surface area contributed by atoms with Crippen molar-refractivity contribution in [3.8, 4) is 21.9 Å². The molecule has 26 heavy (non-hydrogen) atoms. The van der Waals surface area contributed by atoms with Crippen LogP contribution in [0.3, 0.4) is 0 Å². The molecule has 7 nitrogen and oxygen atoms in total. The van der Waals surface area contributed by atoms with E-state index < -0.39 is 0 Å². The summed E-state index contributed by atoms with van der Waals surface area (Å²) in [5.74, 6) is 0.136. The number of carbonyl (C=O) groups is 1. The number of nitrogens with two attached hydrogens (primary N) is 1. The standard InChI is InChI=1S/C18H15N5O2S/c1-23-6-2-3-15(23)16-8-14(22-25-16)18(24)21-13-7-11(4-5-12(13)19)17-9-20-10-26-17/h2-10H,19H2,1H3,(H,21,24). The van der Waals surface area contributed by atoms with Crippen LogP contribution in [-0.2, 0) is 7.05 Å². The van der Waals surface area contributed by atoms with Crippen molar-refractivity contribution in [3.05, 3.63) is 60.0 Å². The first-order chi connectivity index (χ1) is 12.6. The Morgan fingerprint density at radius 1 is 1.31 bits per heavy atom. The number of anilines is 2. The Morgan fingerprint density at radius 3 is 2.92 bits per heavy atom. The number of rotatable bonds is 4. The third-order valence-corrected chi connectivity index (χ3v) is 4.78. The van der Waals surface area contributed by atoms with Gasteiger partial charge in [-0.15, -0.1) is 11.3 Å². The predicted octanol–water partition coefficient (Wildman–Crippen LogP) is 3.64. The molecule has 0 aliphatic heterocycles. The first-order valence-corrected chi connectivity index (χ1v) is 8.68. The van der Waals surface area contributed by atoms with E-state index in [-0.39, 0.29) is 11.6 Å². The molecule has 1 aromatic carbocycles. The van der Waals surface area contributed by atoms with Crippen LogP contribution in [0.1, 0.15) is 10.5 Å². The van der Waals surface area contributed by atoms with Gasteiger partial charge in [-0.3, -0.25) is 9.78 Å². The van der Waals surface area contributed by atoms with Crippen molar-refractivity contribution in [2.45, 2.75) is 0 Å². The minimum absolute atomic E-state index is 0.184. The Hall–Kier alpha value is -3.39. The highest BCUT2D eigenvalue weighted by Gasteiger charge is 2.16. The number of carbonyl (C=O) groups excluding carboxylic acids is 1. The van der Waals surface area contributed by atoms with Gasteiger partial charge in [0.15, 0.2) is 11.5 Å². The highest BCUT2D eigenvalue weighted by molar-refractivity contribution is 7.13. The lowest BCUT2D eigenvalue weighted by molar-refractivity contribution is 0.101. The average Bonchev–Trinajstić information content (AvgIpc) is 3.37. The van der Waals surface area contributed by atoms with Crippen LogP contribution in [0.25, 0.3) is 21.9 Å². The van der Waals surface area contributed by atoms with Gasteiger partial charge in [-0.05, 0) is 29.8 Å². The zero-order chi connectivity index (χ0) is 18.1. The summed E-state index contributed by atoms with van der Waals surface area (Å²) in [5.41, 5.74) is 10.7. The Kier molecular flexibility index (Phi) is 4.02. The number of aromatic nitrogens is 3. The lowest BCUT2D eigenvalue weighted by Crippen LogP contribution is -2.13. The lowest BCUT2D eigenvalue weighted by Gasteiger charge is -2.08. The number of amides is 1. The van der Waals surface area contributed by atoms with Crippen molar-refractivity contribution >= 4 is 28.6 Å². The van der Waals surface area contributed by atoms with Crippen molar-refractivity contribution in [1.82, 2.24) is 14.7 Å². The number of nitrogens with one attached hydrogen (secondary N) is 1. The molecule has 1 amide bonds. The summed E-state index contributed by atoms with van der Waals surface area (Å²) in [4.78, 5) is 17.6. The molecule has 0 bridgehead atoms. The van der Waals surface area contributed by atoms with Gasteiger partial charge in [0.25, 0.3) is 5.91 Å². The maximum atomic E-state index is 12.5. The third-order valence-electron chi connectivity index (χ3n) is 3.96. The molecule has 3 heterocycles. The summed E-state index contributed by atoms with van der Waals surface area (Å²) in [7, 11) is 1.89. The van der Waals surface area contributed by atoms with Gasteiger partial charge < -0.3 is 20.1 Å². The molecule has 0 spiro atoms. The number of thiazole rings is 1. The zero-order valence-corrected chi connectivity index (χ0v) is 14.7. The van der Waals surface area contributed by atoms with E-state index in [1.54, 1.807) is 23.8 Å². The second-order valence-corrected chi connectivity index (χ2v) is 6.59. The predicted molar refractivity (Wildman–Crippen MR) is 101 cm³/mol. The molecule has 4 rings (SSSR count). The zero-order valence-electron chi connectivity index (χ0n) is 13.8. The summed E-state index contributed by atoms with van der Waals surface area (Å²) < 4.78 is 7.18. The van der Waals surface area contributed by atoms with Crippen molar-refractivity contribution in [2.24, 2.45) is 7.05 Å². The lowest BCUT2D eigenvalue weighted by atomic mass is 10.1. The van der Waals surface area contributed by atoms with Gasteiger partial charge in [0.05, 0.1) is 27.5 Å². The molecule has 0 unspecified atom stereocenters. The van der Waals surface area contributed by atoms with Crippen molar-refractivity contribution < 1.29 is 9.32 Å². The second-order valence-electron chi connectivity index (χ2n) is 5.70. The number of nitrogen functional groups attached to an aromatic ring is 1. The number of hydrogen-bond acceptors (Lipinski definition) is 6. The first-order valence-electron chi connectivity index (χ1n) is 7.80.